The minimum absolute atomic E-state index is 0.318. The maximum atomic E-state index is 11.5. The molecule has 0 spiro atoms. The van der Waals surface area contributed by atoms with Crippen molar-refractivity contribution in [3.8, 4) is 11.1 Å². The first-order chi connectivity index (χ1) is 15.5. The lowest BCUT2D eigenvalue weighted by molar-refractivity contribution is -0.187. The number of rotatable bonds is 3. The van der Waals surface area contributed by atoms with Gasteiger partial charge in [0.1, 0.15) is 0 Å². The molecule has 0 saturated heterocycles. The highest BCUT2D eigenvalue weighted by molar-refractivity contribution is 5.92. The van der Waals surface area contributed by atoms with E-state index in [9.17, 15) is 9.59 Å². The van der Waals surface area contributed by atoms with E-state index in [4.69, 9.17) is 11.5 Å². The van der Waals surface area contributed by atoms with Crippen molar-refractivity contribution < 1.29 is 19.4 Å². The number of hydrogen-bond donors (Lipinski definition) is 2. The van der Waals surface area contributed by atoms with Crippen LogP contribution in [0.25, 0.3) is 11.1 Å². The van der Waals surface area contributed by atoms with E-state index in [0.29, 0.717) is 11.1 Å². The van der Waals surface area contributed by atoms with Crippen LogP contribution in [0.3, 0.4) is 0 Å². The summed E-state index contributed by atoms with van der Waals surface area (Å²) in [5.41, 5.74) is 15.7. The van der Waals surface area contributed by atoms with Crippen molar-refractivity contribution in [2.75, 3.05) is 11.5 Å². The highest BCUT2D eigenvalue weighted by atomic mass is 17.2. The Bertz CT molecular complexity index is 1050. The second kappa shape index (κ2) is 11.0. The number of nitrogen functional groups attached to an aromatic ring is 2. The summed E-state index contributed by atoms with van der Waals surface area (Å²) in [4.78, 5) is 31.9. The monoisotopic (exact) mass is 426 g/mol. The molecule has 0 aliphatic carbocycles. The molecule has 6 heteroatoms. The van der Waals surface area contributed by atoms with Gasteiger partial charge in [-0.05, 0) is 59.7 Å². The Hall–Kier alpha value is -4.58. The van der Waals surface area contributed by atoms with Gasteiger partial charge in [-0.25, -0.2) is 19.4 Å². The van der Waals surface area contributed by atoms with Crippen LogP contribution in [-0.4, -0.2) is 11.9 Å². The highest BCUT2D eigenvalue weighted by Crippen LogP contribution is 2.21. The van der Waals surface area contributed by atoms with Gasteiger partial charge in [0.2, 0.25) is 0 Å². The van der Waals surface area contributed by atoms with Gasteiger partial charge >= 0.3 is 11.9 Å². The van der Waals surface area contributed by atoms with Gasteiger partial charge < -0.3 is 11.5 Å². The lowest BCUT2D eigenvalue weighted by Crippen LogP contribution is -2.11. The number of benzene rings is 4. The molecule has 0 bridgehead atoms. The predicted octanol–water partition coefficient (Wildman–Crippen LogP) is 5.13. The number of carbonyl (C=O) groups excluding carboxylic acids is 2. The fraction of sp³-hybridized carbons (Fsp3) is 0. The van der Waals surface area contributed by atoms with Crippen LogP contribution in [-0.2, 0) is 9.78 Å². The van der Waals surface area contributed by atoms with Gasteiger partial charge in [0, 0.05) is 11.4 Å². The fourth-order valence-corrected chi connectivity index (χ4v) is 2.67. The normalized spacial score (nSPS) is 9.75. The average Bonchev–Trinajstić information content (AvgIpc) is 2.85. The highest BCUT2D eigenvalue weighted by Gasteiger charge is 2.13. The molecule has 0 aromatic heterocycles. The molecule has 0 heterocycles. The summed E-state index contributed by atoms with van der Waals surface area (Å²) in [5, 5.41) is 0. The first-order valence-electron chi connectivity index (χ1n) is 9.77. The van der Waals surface area contributed by atoms with Crippen LogP contribution < -0.4 is 11.5 Å². The van der Waals surface area contributed by atoms with Crippen molar-refractivity contribution in [2.24, 2.45) is 0 Å². The molecular weight excluding hydrogens is 404 g/mol. The SMILES string of the molecule is Nc1ccc(-c2ccc(N)cc2)cc1.O=C(OOC(=O)c1ccccc1)c1ccccc1. The Balaban J connectivity index is 0.000000186. The second-order valence-corrected chi connectivity index (χ2v) is 6.72. The van der Waals surface area contributed by atoms with E-state index in [0.717, 1.165) is 22.5 Å². The van der Waals surface area contributed by atoms with E-state index in [2.05, 4.69) is 9.78 Å². The molecule has 0 aliphatic heterocycles. The van der Waals surface area contributed by atoms with Gasteiger partial charge in [0.05, 0.1) is 11.1 Å². The maximum Gasteiger partial charge on any atom is 0.386 e. The Morgan fingerprint density at radius 1 is 0.469 bits per heavy atom. The maximum absolute atomic E-state index is 11.5. The third kappa shape index (κ3) is 6.47. The molecule has 0 saturated carbocycles. The van der Waals surface area contributed by atoms with E-state index in [1.54, 1.807) is 60.7 Å². The van der Waals surface area contributed by atoms with Gasteiger partial charge in [-0.15, -0.1) is 0 Å². The zero-order valence-corrected chi connectivity index (χ0v) is 17.2. The fourth-order valence-electron chi connectivity index (χ4n) is 2.67. The van der Waals surface area contributed by atoms with E-state index < -0.39 is 11.9 Å². The first-order valence-corrected chi connectivity index (χ1v) is 9.77. The van der Waals surface area contributed by atoms with E-state index in [-0.39, 0.29) is 0 Å². The molecule has 0 unspecified atom stereocenters. The zero-order chi connectivity index (χ0) is 22.8. The van der Waals surface area contributed by atoms with Crippen molar-refractivity contribution in [2.45, 2.75) is 0 Å². The summed E-state index contributed by atoms with van der Waals surface area (Å²) in [6, 6.07) is 32.2. The standard InChI is InChI=1S/C14H10O4.C12H12N2/c15-13(11-7-3-1-4-8-11)17-18-14(16)12-9-5-2-6-10-12;13-11-5-1-9(2-6-11)10-3-7-12(14)8-4-10/h1-10H;1-8H,13-14H2. The Labute approximate surface area is 185 Å². The number of hydrogen-bond acceptors (Lipinski definition) is 6. The molecule has 6 nitrogen and oxygen atoms in total. The Morgan fingerprint density at radius 3 is 1.09 bits per heavy atom. The average molecular weight is 426 g/mol. The lowest BCUT2D eigenvalue weighted by atomic mass is 10.1. The number of nitrogens with two attached hydrogens (primary N) is 2. The smallest absolute Gasteiger partial charge is 0.386 e. The predicted molar refractivity (Wildman–Crippen MR) is 124 cm³/mol. The summed E-state index contributed by atoms with van der Waals surface area (Å²) in [6.45, 7) is 0. The van der Waals surface area contributed by atoms with Gasteiger partial charge in [0.25, 0.3) is 0 Å². The summed E-state index contributed by atoms with van der Waals surface area (Å²) in [6.07, 6.45) is 0. The van der Waals surface area contributed by atoms with Gasteiger partial charge in [-0.1, -0.05) is 60.7 Å². The Kier molecular flexibility index (Phi) is 7.59. The van der Waals surface area contributed by atoms with E-state index >= 15 is 0 Å². The largest absolute Gasteiger partial charge is 0.399 e. The third-order valence-electron chi connectivity index (χ3n) is 4.37. The quantitative estimate of drug-likeness (QED) is 0.267. The van der Waals surface area contributed by atoms with Gasteiger partial charge in [-0.2, -0.15) is 0 Å². The first kappa shape index (κ1) is 22.1. The molecule has 160 valence electrons. The molecule has 4 rings (SSSR count). The Morgan fingerprint density at radius 2 is 0.781 bits per heavy atom. The van der Waals surface area contributed by atoms with Crippen LogP contribution in [0.1, 0.15) is 20.7 Å². The number of anilines is 2. The molecule has 4 N–H and O–H groups in total. The second-order valence-electron chi connectivity index (χ2n) is 6.72. The molecule has 0 aliphatic rings. The van der Waals surface area contributed by atoms with E-state index in [1.807, 2.05) is 48.5 Å². The van der Waals surface area contributed by atoms with Crippen LogP contribution in [0, 0.1) is 0 Å². The molecule has 4 aromatic rings. The third-order valence-corrected chi connectivity index (χ3v) is 4.37. The summed E-state index contributed by atoms with van der Waals surface area (Å²) < 4.78 is 0. The van der Waals surface area contributed by atoms with Gasteiger partial charge in [0.15, 0.2) is 0 Å². The molecule has 0 radical (unpaired) electrons. The van der Waals surface area contributed by atoms with E-state index in [1.165, 1.54) is 0 Å². The molecule has 4 aromatic carbocycles. The van der Waals surface area contributed by atoms with Crippen LogP contribution >= 0.6 is 0 Å². The van der Waals surface area contributed by atoms with Crippen LogP contribution in [0.15, 0.2) is 109 Å². The van der Waals surface area contributed by atoms with Crippen molar-refractivity contribution in [1.29, 1.82) is 0 Å². The summed E-state index contributed by atoms with van der Waals surface area (Å²) >= 11 is 0. The number of carbonyl (C=O) groups is 2. The molecule has 0 amide bonds. The minimum Gasteiger partial charge on any atom is -0.399 e. The minimum atomic E-state index is -0.708. The molecule has 0 atom stereocenters. The molecule has 0 fully saturated rings. The van der Waals surface area contributed by atoms with Crippen molar-refractivity contribution in [1.82, 2.24) is 0 Å². The zero-order valence-electron chi connectivity index (χ0n) is 17.2. The summed E-state index contributed by atoms with van der Waals surface area (Å²) in [7, 11) is 0. The van der Waals surface area contributed by atoms with Crippen molar-refractivity contribution >= 4 is 23.3 Å². The van der Waals surface area contributed by atoms with Crippen LogP contribution in [0.4, 0.5) is 11.4 Å². The van der Waals surface area contributed by atoms with Crippen molar-refractivity contribution in [3.63, 3.8) is 0 Å². The molecule has 32 heavy (non-hydrogen) atoms. The van der Waals surface area contributed by atoms with Crippen LogP contribution in [0.2, 0.25) is 0 Å². The lowest BCUT2D eigenvalue weighted by Gasteiger charge is -2.02. The summed E-state index contributed by atoms with van der Waals surface area (Å²) in [5.74, 6) is -1.42. The molecular formula is C26H22N2O4. The van der Waals surface area contributed by atoms with Gasteiger partial charge in [-0.3, -0.25) is 0 Å². The van der Waals surface area contributed by atoms with Crippen LogP contribution in [0.5, 0.6) is 0 Å². The van der Waals surface area contributed by atoms with Crippen molar-refractivity contribution in [3.05, 3.63) is 120 Å². The topological polar surface area (TPSA) is 105 Å².